The Balaban J connectivity index is 1.21. The molecule has 0 bridgehead atoms. The van der Waals surface area contributed by atoms with Crippen LogP contribution in [0.4, 0.5) is 0 Å². The molecule has 0 unspecified atom stereocenters. The van der Waals surface area contributed by atoms with Gasteiger partial charge in [-0.05, 0) is 65.7 Å². The van der Waals surface area contributed by atoms with Gasteiger partial charge in [-0.2, -0.15) is 15.2 Å². The molecule has 6 heteroatoms. The van der Waals surface area contributed by atoms with Crippen LogP contribution in [0.15, 0.2) is 170 Å². The fraction of sp³-hybridized carbons (Fsp3) is 0. The second-order valence-corrected chi connectivity index (χ2v) is 12.8. The largest absolute Gasteiger partial charge is 0.309 e. The molecule has 0 aliphatic carbocycles. The Morgan fingerprint density at radius 1 is 0.385 bits per heavy atom. The number of hydrogen-bond donors (Lipinski definition) is 0. The third-order valence-electron chi connectivity index (χ3n) is 9.80. The minimum Gasteiger partial charge on any atom is -0.309 e. The summed E-state index contributed by atoms with van der Waals surface area (Å²) in [4.78, 5) is 15.0. The van der Waals surface area contributed by atoms with Crippen molar-refractivity contribution in [2.24, 2.45) is 0 Å². The summed E-state index contributed by atoms with van der Waals surface area (Å²) in [6.45, 7) is 0. The molecule has 52 heavy (non-hydrogen) atoms. The summed E-state index contributed by atoms with van der Waals surface area (Å²) in [6.07, 6.45) is 0. The minimum absolute atomic E-state index is 0.513. The van der Waals surface area contributed by atoms with Crippen LogP contribution in [-0.2, 0) is 0 Å². The van der Waals surface area contributed by atoms with Crippen LogP contribution in [0.25, 0.3) is 89.2 Å². The molecule has 0 spiro atoms. The Morgan fingerprint density at radius 2 is 0.923 bits per heavy atom. The molecule has 10 aromatic rings. The van der Waals surface area contributed by atoms with Crippen molar-refractivity contribution < 1.29 is 0 Å². The summed E-state index contributed by atoms with van der Waals surface area (Å²) >= 11 is 0. The number of hydrogen-bond acceptors (Lipinski definition) is 4. The molecule has 242 valence electrons. The van der Waals surface area contributed by atoms with E-state index in [2.05, 4.69) is 100 Å². The van der Waals surface area contributed by atoms with Crippen molar-refractivity contribution in [3.05, 3.63) is 175 Å². The van der Waals surface area contributed by atoms with Gasteiger partial charge < -0.3 is 4.57 Å². The lowest BCUT2D eigenvalue weighted by molar-refractivity contribution is 0.953. The molecular weight excluding hydrogens is 637 g/mol. The van der Waals surface area contributed by atoms with Gasteiger partial charge >= 0.3 is 0 Å². The van der Waals surface area contributed by atoms with Gasteiger partial charge in [-0.1, -0.05) is 115 Å². The van der Waals surface area contributed by atoms with Gasteiger partial charge in [0.05, 0.1) is 33.7 Å². The van der Waals surface area contributed by atoms with Gasteiger partial charge in [0.25, 0.3) is 0 Å². The van der Waals surface area contributed by atoms with Crippen molar-refractivity contribution >= 4 is 43.6 Å². The molecule has 10 rings (SSSR count). The number of benzene rings is 7. The fourth-order valence-corrected chi connectivity index (χ4v) is 7.39. The third kappa shape index (κ3) is 4.76. The molecule has 0 amide bonds. The summed E-state index contributed by atoms with van der Waals surface area (Å²) in [6, 6.07) is 60.5. The Morgan fingerprint density at radius 3 is 1.62 bits per heavy atom. The van der Waals surface area contributed by atoms with Crippen LogP contribution < -0.4 is 0 Å². The van der Waals surface area contributed by atoms with E-state index in [1.165, 1.54) is 16.3 Å². The Hall–Kier alpha value is -7.36. The maximum atomic E-state index is 9.94. The first kappa shape index (κ1) is 29.5. The molecule has 0 N–H and O–H groups in total. The highest BCUT2D eigenvalue weighted by atomic mass is 15.2. The van der Waals surface area contributed by atoms with Crippen molar-refractivity contribution in [3.63, 3.8) is 0 Å². The molecule has 6 nitrogen and oxygen atoms in total. The average molecular weight is 665 g/mol. The predicted molar refractivity (Wildman–Crippen MR) is 210 cm³/mol. The molecule has 0 saturated heterocycles. The maximum Gasteiger partial charge on any atom is 0.238 e. The molecule has 0 atom stereocenters. The van der Waals surface area contributed by atoms with Gasteiger partial charge in [0, 0.05) is 38.4 Å². The van der Waals surface area contributed by atoms with E-state index in [0.29, 0.717) is 23.2 Å². The van der Waals surface area contributed by atoms with Crippen molar-refractivity contribution in [1.82, 2.24) is 24.1 Å². The van der Waals surface area contributed by atoms with E-state index in [-0.39, 0.29) is 0 Å². The molecule has 0 aliphatic heterocycles. The molecule has 7 aromatic carbocycles. The van der Waals surface area contributed by atoms with Crippen LogP contribution in [0.5, 0.6) is 0 Å². The Labute approximate surface area is 299 Å². The molecule has 0 saturated carbocycles. The van der Waals surface area contributed by atoms with Crippen LogP contribution in [0.3, 0.4) is 0 Å². The van der Waals surface area contributed by atoms with E-state index < -0.39 is 0 Å². The van der Waals surface area contributed by atoms with Gasteiger partial charge in [0.2, 0.25) is 5.95 Å². The standard InChI is InChI=1S/C46H28N6/c47-29-30-20-24-41-38(26-30)39-27-33(34-21-23-37-36-18-10-11-19-40(36)51(43(37)28-34)35-16-8-3-9-17-35)22-25-42(39)52(41)46-49-44(31-12-4-1-5-13-31)48-45(50-46)32-14-6-2-7-15-32/h1-28H. The van der Waals surface area contributed by atoms with Crippen LogP contribution >= 0.6 is 0 Å². The predicted octanol–water partition coefficient (Wildman–Crippen LogP) is 10.9. The smallest absolute Gasteiger partial charge is 0.238 e. The van der Waals surface area contributed by atoms with E-state index in [1.54, 1.807) is 0 Å². The number of aromatic nitrogens is 5. The van der Waals surface area contributed by atoms with Crippen molar-refractivity contribution in [2.45, 2.75) is 0 Å². The lowest BCUT2D eigenvalue weighted by Gasteiger charge is -2.11. The van der Waals surface area contributed by atoms with Crippen molar-refractivity contribution in [1.29, 1.82) is 5.26 Å². The Bertz CT molecular complexity index is 2950. The zero-order valence-corrected chi connectivity index (χ0v) is 27.8. The maximum absolute atomic E-state index is 9.94. The molecule has 0 fully saturated rings. The zero-order chi connectivity index (χ0) is 34.6. The summed E-state index contributed by atoms with van der Waals surface area (Å²) in [5, 5.41) is 14.3. The molecular formula is C46H28N6. The number of fused-ring (bicyclic) bond motifs is 6. The topological polar surface area (TPSA) is 72.3 Å². The quantitative estimate of drug-likeness (QED) is 0.184. The van der Waals surface area contributed by atoms with Crippen LogP contribution in [0.2, 0.25) is 0 Å². The van der Waals surface area contributed by atoms with Gasteiger partial charge in [-0.25, -0.2) is 4.98 Å². The van der Waals surface area contributed by atoms with Crippen molar-refractivity contribution in [2.75, 3.05) is 0 Å². The number of rotatable bonds is 5. The molecule has 3 aromatic heterocycles. The third-order valence-corrected chi connectivity index (χ3v) is 9.80. The van der Waals surface area contributed by atoms with Crippen LogP contribution in [-0.4, -0.2) is 24.1 Å². The second-order valence-electron chi connectivity index (χ2n) is 12.8. The van der Waals surface area contributed by atoms with Crippen LogP contribution in [0, 0.1) is 11.3 Å². The molecule has 0 aliphatic rings. The van der Waals surface area contributed by atoms with Crippen molar-refractivity contribution in [3.8, 4) is 51.6 Å². The second kappa shape index (κ2) is 11.9. The lowest BCUT2D eigenvalue weighted by Crippen LogP contribution is -2.06. The lowest BCUT2D eigenvalue weighted by atomic mass is 10.0. The van der Waals surface area contributed by atoms with E-state index in [4.69, 9.17) is 15.0 Å². The van der Waals surface area contributed by atoms with Gasteiger partial charge in [-0.15, -0.1) is 0 Å². The number of nitriles is 1. The number of nitrogens with zero attached hydrogens (tertiary/aromatic N) is 6. The summed E-state index contributed by atoms with van der Waals surface area (Å²) in [5.74, 6) is 1.69. The highest BCUT2D eigenvalue weighted by Crippen LogP contribution is 2.38. The average Bonchev–Trinajstić information content (AvgIpc) is 3.73. The summed E-state index contributed by atoms with van der Waals surface area (Å²) in [5.41, 5.74) is 9.87. The van der Waals surface area contributed by atoms with E-state index >= 15 is 0 Å². The summed E-state index contributed by atoms with van der Waals surface area (Å²) < 4.78 is 4.43. The fourth-order valence-electron chi connectivity index (χ4n) is 7.39. The highest BCUT2D eigenvalue weighted by molar-refractivity contribution is 6.12. The highest BCUT2D eigenvalue weighted by Gasteiger charge is 2.20. The first-order valence-corrected chi connectivity index (χ1v) is 17.2. The van der Waals surface area contributed by atoms with Crippen LogP contribution in [0.1, 0.15) is 5.56 Å². The normalized spacial score (nSPS) is 11.4. The Kier molecular flexibility index (Phi) is 6.76. The van der Waals surface area contributed by atoms with Gasteiger partial charge in [-0.3, -0.25) is 4.57 Å². The zero-order valence-electron chi connectivity index (χ0n) is 27.8. The SMILES string of the molecule is N#Cc1ccc2c(c1)c1cc(-c3ccc4c5ccccc5n(-c5ccccc5)c4c3)ccc1n2-c1nc(-c2ccccc2)nc(-c2ccccc2)n1. The van der Waals surface area contributed by atoms with Gasteiger partial charge in [0.1, 0.15) is 0 Å². The number of para-hydroxylation sites is 2. The monoisotopic (exact) mass is 664 g/mol. The van der Waals surface area contributed by atoms with E-state index in [1.807, 2.05) is 84.9 Å². The minimum atomic E-state index is 0.513. The molecule has 0 radical (unpaired) electrons. The van der Waals surface area contributed by atoms with Gasteiger partial charge in [0.15, 0.2) is 11.6 Å². The van der Waals surface area contributed by atoms with E-state index in [9.17, 15) is 5.26 Å². The molecule has 3 heterocycles. The first-order chi connectivity index (χ1) is 25.7. The summed E-state index contributed by atoms with van der Waals surface area (Å²) in [7, 11) is 0. The van der Waals surface area contributed by atoms with E-state index in [0.717, 1.165) is 55.3 Å². The first-order valence-electron chi connectivity index (χ1n) is 17.2.